The summed E-state index contributed by atoms with van der Waals surface area (Å²) in [5, 5.41) is 33.7. The van der Waals surface area contributed by atoms with E-state index in [0.717, 1.165) is 0 Å². The molecule has 15 heteroatoms. The maximum absolute atomic E-state index is 13.4. The van der Waals surface area contributed by atoms with Crippen LogP contribution in [0.3, 0.4) is 0 Å². The Morgan fingerprint density at radius 3 is 2.19 bits per heavy atom. The first-order valence-corrected chi connectivity index (χ1v) is 12.8. The molecular formula is C28H30F3NO11. The number of hydrogen-bond donors (Lipinski definition) is 4. The van der Waals surface area contributed by atoms with Gasteiger partial charge in [-0.25, -0.2) is 0 Å². The number of halogens is 3. The SMILES string of the molecule is COc1ccc(-c2cc(=O)c3c(OC)c([C@@H]4O[C@H](C(=O)NCCC(F)(F)F)[C@@H](O)[C@H](O)[C@H]4O)c(OC)cc3o2)cc1OC. The minimum atomic E-state index is -4.55. The monoisotopic (exact) mass is 613 g/mol. The van der Waals surface area contributed by atoms with Crippen LogP contribution < -0.4 is 29.7 Å². The summed E-state index contributed by atoms with van der Waals surface area (Å²) in [5.41, 5.74) is -0.224. The van der Waals surface area contributed by atoms with Gasteiger partial charge in [0, 0.05) is 24.2 Å². The zero-order valence-corrected chi connectivity index (χ0v) is 23.4. The Bertz CT molecular complexity index is 1540. The molecule has 1 amide bonds. The number of carbonyl (C=O) groups excluding carboxylic acids is 1. The standard InChI is InChI=1S/C28H30F3NO11/c1-38-14-6-5-12(9-16(14)39-2)15-10-13(33)19-18(42-15)11-17(40-3)20(24(19)41-4)25-22(35)21(34)23(36)26(43-25)27(37)32-8-7-28(29,30)31/h5-6,9-11,21-23,25-26,34-36H,7-8H2,1-4H3,(H,32,37)/t21-,22-,23+,25+,26+/m1/s1. The lowest BCUT2D eigenvalue weighted by Gasteiger charge is -2.40. The number of aliphatic hydroxyl groups excluding tert-OH is 3. The van der Waals surface area contributed by atoms with Crippen LogP contribution in [-0.4, -0.2) is 86.8 Å². The van der Waals surface area contributed by atoms with E-state index in [9.17, 15) is 38.1 Å². The average molecular weight is 614 g/mol. The van der Waals surface area contributed by atoms with Crippen LogP contribution >= 0.6 is 0 Å². The highest BCUT2D eigenvalue weighted by atomic mass is 19.4. The van der Waals surface area contributed by atoms with Crippen molar-refractivity contribution >= 4 is 16.9 Å². The summed E-state index contributed by atoms with van der Waals surface area (Å²) in [4.78, 5) is 26.1. The molecule has 4 N–H and O–H groups in total. The molecule has 1 aliphatic heterocycles. The van der Waals surface area contributed by atoms with Crippen LogP contribution in [0.15, 0.2) is 39.5 Å². The zero-order valence-electron chi connectivity index (χ0n) is 23.4. The smallest absolute Gasteiger partial charge is 0.390 e. The molecule has 0 bridgehead atoms. The molecule has 1 saturated heterocycles. The number of aliphatic hydroxyl groups is 3. The largest absolute Gasteiger partial charge is 0.496 e. The lowest BCUT2D eigenvalue weighted by molar-refractivity contribution is -0.223. The van der Waals surface area contributed by atoms with Gasteiger partial charge in [-0.1, -0.05) is 0 Å². The van der Waals surface area contributed by atoms with Gasteiger partial charge >= 0.3 is 6.18 Å². The van der Waals surface area contributed by atoms with E-state index >= 15 is 0 Å². The number of rotatable bonds is 9. The van der Waals surface area contributed by atoms with Crippen molar-refractivity contribution in [2.45, 2.75) is 43.1 Å². The van der Waals surface area contributed by atoms with E-state index in [4.69, 9.17) is 28.1 Å². The van der Waals surface area contributed by atoms with Gasteiger partial charge in [-0.3, -0.25) is 9.59 Å². The molecule has 1 aliphatic rings. The van der Waals surface area contributed by atoms with Gasteiger partial charge in [0.15, 0.2) is 23.0 Å². The summed E-state index contributed by atoms with van der Waals surface area (Å²) in [6, 6.07) is 7.37. The van der Waals surface area contributed by atoms with E-state index in [1.807, 2.05) is 5.32 Å². The van der Waals surface area contributed by atoms with Crippen LogP contribution in [0.25, 0.3) is 22.3 Å². The van der Waals surface area contributed by atoms with Crippen LogP contribution in [0.5, 0.6) is 23.0 Å². The molecule has 0 radical (unpaired) electrons. The Labute approximate surface area is 242 Å². The fourth-order valence-corrected chi connectivity index (χ4v) is 4.83. The Morgan fingerprint density at radius 2 is 1.58 bits per heavy atom. The highest BCUT2D eigenvalue weighted by molar-refractivity contribution is 5.89. The minimum absolute atomic E-state index is 0.00191. The van der Waals surface area contributed by atoms with E-state index in [-0.39, 0.29) is 33.8 Å². The second-order valence-corrected chi connectivity index (χ2v) is 9.55. The summed E-state index contributed by atoms with van der Waals surface area (Å²) < 4.78 is 70.9. The molecule has 2 aromatic carbocycles. The Balaban J connectivity index is 1.79. The molecule has 0 unspecified atom stereocenters. The summed E-state index contributed by atoms with van der Waals surface area (Å²) in [6.45, 7) is -0.815. The third-order valence-corrected chi connectivity index (χ3v) is 6.93. The van der Waals surface area contributed by atoms with Crippen molar-refractivity contribution in [2.75, 3.05) is 35.0 Å². The number of nitrogens with one attached hydrogen (secondary N) is 1. The predicted octanol–water partition coefficient (Wildman–Crippen LogP) is 2.09. The van der Waals surface area contributed by atoms with E-state index in [2.05, 4.69) is 0 Å². The third kappa shape index (κ3) is 6.34. The van der Waals surface area contributed by atoms with Crippen molar-refractivity contribution in [2.24, 2.45) is 0 Å². The molecular weight excluding hydrogens is 583 g/mol. The number of benzene rings is 2. The lowest BCUT2D eigenvalue weighted by atomic mass is 9.89. The van der Waals surface area contributed by atoms with Crippen LogP contribution in [-0.2, 0) is 9.53 Å². The van der Waals surface area contributed by atoms with E-state index in [0.29, 0.717) is 17.1 Å². The molecule has 2 heterocycles. The topological polar surface area (TPSA) is 166 Å². The number of alkyl halides is 3. The van der Waals surface area contributed by atoms with Gasteiger partial charge in [0.2, 0.25) is 0 Å². The number of fused-ring (bicyclic) bond motifs is 1. The molecule has 4 rings (SSSR count). The summed E-state index contributed by atoms with van der Waals surface area (Å²) >= 11 is 0. The van der Waals surface area contributed by atoms with Gasteiger partial charge in [-0.15, -0.1) is 0 Å². The molecule has 0 saturated carbocycles. The van der Waals surface area contributed by atoms with Crippen molar-refractivity contribution < 1.29 is 61.4 Å². The molecule has 234 valence electrons. The Morgan fingerprint density at radius 1 is 0.907 bits per heavy atom. The molecule has 1 fully saturated rings. The van der Waals surface area contributed by atoms with Crippen molar-refractivity contribution in [1.29, 1.82) is 0 Å². The van der Waals surface area contributed by atoms with Crippen molar-refractivity contribution in [3.8, 4) is 34.3 Å². The Hall–Kier alpha value is -4.05. The molecule has 1 aromatic heterocycles. The number of methoxy groups -OCH3 is 4. The number of carbonyl (C=O) groups is 1. The minimum Gasteiger partial charge on any atom is -0.496 e. The van der Waals surface area contributed by atoms with Crippen molar-refractivity contribution in [3.05, 3.63) is 46.1 Å². The Kier molecular flexibility index (Phi) is 9.39. The van der Waals surface area contributed by atoms with Crippen LogP contribution in [0.2, 0.25) is 0 Å². The van der Waals surface area contributed by atoms with E-state index in [1.54, 1.807) is 18.2 Å². The second-order valence-electron chi connectivity index (χ2n) is 9.55. The van der Waals surface area contributed by atoms with Gasteiger partial charge in [0.1, 0.15) is 52.6 Å². The zero-order chi connectivity index (χ0) is 31.6. The maximum atomic E-state index is 13.4. The third-order valence-electron chi connectivity index (χ3n) is 6.93. The predicted molar refractivity (Wildman–Crippen MR) is 143 cm³/mol. The molecule has 43 heavy (non-hydrogen) atoms. The summed E-state index contributed by atoms with van der Waals surface area (Å²) in [7, 11) is 5.38. The lowest BCUT2D eigenvalue weighted by Crippen LogP contribution is -2.59. The maximum Gasteiger partial charge on any atom is 0.390 e. The average Bonchev–Trinajstić information content (AvgIpc) is 2.97. The highest BCUT2D eigenvalue weighted by Gasteiger charge is 2.49. The molecule has 3 aromatic rings. The quantitative estimate of drug-likeness (QED) is 0.279. The van der Waals surface area contributed by atoms with Crippen LogP contribution in [0.1, 0.15) is 18.1 Å². The van der Waals surface area contributed by atoms with Crippen LogP contribution in [0, 0.1) is 0 Å². The van der Waals surface area contributed by atoms with Gasteiger partial charge in [-0.05, 0) is 18.2 Å². The molecule has 0 spiro atoms. The van der Waals surface area contributed by atoms with Gasteiger partial charge in [0.05, 0.1) is 40.4 Å². The fourth-order valence-electron chi connectivity index (χ4n) is 4.83. The molecule has 0 aliphatic carbocycles. The second kappa shape index (κ2) is 12.7. The highest BCUT2D eigenvalue weighted by Crippen LogP contribution is 2.46. The van der Waals surface area contributed by atoms with Gasteiger partial charge < -0.3 is 48.7 Å². The van der Waals surface area contributed by atoms with Gasteiger partial charge in [-0.2, -0.15) is 13.2 Å². The van der Waals surface area contributed by atoms with Gasteiger partial charge in [0.25, 0.3) is 5.91 Å². The number of ether oxygens (including phenoxy) is 5. The summed E-state index contributed by atoms with van der Waals surface area (Å²) in [6.07, 6.45) is -15.3. The number of amides is 1. The first kappa shape index (κ1) is 31.9. The first-order chi connectivity index (χ1) is 20.3. The molecule has 12 nitrogen and oxygen atoms in total. The first-order valence-electron chi connectivity index (χ1n) is 12.8. The number of hydrogen-bond acceptors (Lipinski definition) is 11. The van der Waals surface area contributed by atoms with E-state index < -0.39 is 61.0 Å². The van der Waals surface area contributed by atoms with Crippen LogP contribution in [0.4, 0.5) is 13.2 Å². The molecule has 5 atom stereocenters. The summed E-state index contributed by atoms with van der Waals surface area (Å²) in [5.74, 6) is -0.418. The van der Waals surface area contributed by atoms with Crippen molar-refractivity contribution in [1.82, 2.24) is 5.32 Å². The fraction of sp³-hybridized carbons (Fsp3) is 0.429. The van der Waals surface area contributed by atoms with Crippen molar-refractivity contribution in [3.63, 3.8) is 0 Å². The normalized spacial score (nSPS) is 22.2. The van der Waals surface area contributed by atoms with E-state index in [1.165, 1.54) is 40.6 Å².